The molecule has 1 aromatic rings. The number of carbonyl (C=O) groups is 2. The second-order valence-electron chi connectivity index (χ2n) is 8.51. The summed E-state index contributed by atoms with van der Waals surface area (Å²) >= 11 is 0. The van der Waals surface area contributed by atoms with E-state index in [2.05, 4.69) is 56.1 Å². The minimum absolute atomic E-state index is 0.0338. The van der Waals surface area contributed by atoms with E-state index in [0.29, 0.717) is 24.8 Å². The van der Waals surface area contributed by atoms with Gasteiger partial charge in [0.15, 0.2) is 0 Å². The van der Waals surface area contributed by atoms with Crippen molar-refractivity contribution in [3.63, 3.8) is 0 Å². The molecule has 2 rings (SSSR count). The predicted octanol–water partition coefficient (Wildman–Crippen LogP) is 3.67. The molecule has 1 N–H and O–H groups in total. The first-order valence-corrected chi connectivity index (χ1v) is 10.1. The summed E-state index contributed by atoms with van der Waals surface area (Å²) in [6.07, 6.45) is 1.25. The molecule has 5 heteroatoms. The Morgan fingerprint density at radius 2 is 1.78 bits per heavy atom. The lowest BCUT2D eigenvalue weighted by Gasteiger charge is -2.22. The zero-order valence-electron chi connectivity index (χ0n) is 17.7. The van der Waals surface area contributed by atoms with E-state index in [1.54, 1.807) is 0 Å². The highest BCUT2D eigenvalue weighted by Gasteiger charge is 2.34. The molecule has 1 aromatic carbocycles. The van der Waals surface area contributed by atoms with E-state index in [9.17, 15) is 9.59 Å². The third kappa shape index (κ3) is 5.55. The molecule has 5 nitrogen and oxygen atoms in total. The van der Waals surface area contributed by atoms with E-state index >= 15 is 0 Å². The predicted molar refractivity (Wildman–Crippen MR) is 111 cm³/mol. The third-order valence-electron chi connectivity index (χ3n) is 5.24. The number of hydrogen-bond donors (Lipinski definition) is 1. The number of hydrogen-bond acceptors (Lipinski definition) is 3. The van der Waals surface area contributed by atoms with Crippen LogP contribution in [0.25, 0.3) is 0 Å². The van der Waals surface area contributed by atoms with Gasteiger partial charge in [-0.05, 0) is 50.0 Å². The Balaban J connectivity index is 2.08. The van der Waals surface area contributed by atoms with Crippen LogP contribution in [0.3, 0.4) is 0 Å². The highest BCUT2D eigenvalue weighted by atomic mass is 16.2. The second kappa shape index (κ2) is 9.36. The van der Waals surface area contributed by atoms with Crippen molar-refractivity contribution in [2.75, 3.05) is 39.0 Å². The monoisotopic (exact) mass is 373 g/mol. The summed E-state index contributed by atoms with van der Waals surface area (Å²) in [5, 5.41) is 3.17. The summed E-state index contributed by atoms with van der Waals surface area (Å²) in [7, 11) is 4.06. The molecule has 0 saturated carbocycles. The van der Waals surface area contributed by atoms with E-state index in [-0.39, 0.29) is 17.7 Å². The van der Waals surface area contributed by atoms with Crippen LogP contribution in [-0.2, 0) is 9.59 Å². The Labute approximate surface area is 164 Å². The second-order valence-corrected chi connectivity index (χ2v) is 8.51. The first-order chi connectivity index (χ1) is 12.7. The molecule has 1 heterocycles. The van der Waals surface area contributed by atoms with Crippen molar-refractivity contribution >= 4 is 17.5 Å². The largest absolute Gasteiger partial charge is 0.342 e. The maximum atomic E-state index is 12.9. The number of rotatable bonds is 8. The lowest BCUT2D eigenvalue weighted by molar-refractivity contribution is -0.128. The molecular weight excluding hydrogens is 338 g/mol. The van der Waals surface area contributed by atoms with E-state index in [4.69, 9.17) is 0 Å². The zero-order valence-corrected chi connectivity index (χ0v) is 17.7. The molecule has 2 amide bonds. The van der Waals surface area contributed by atoms with Gasteiger partial charge in [-0.2, -0.15) is 0 Å². The Kier molecular flexibility index (Phi) is 7.42. The Bertz CT molecular complexity index is 641. The SMILES string of the molecule is CC(C)c1cccc(C(C)C)c1NC(=O)C1CC(=O)N(CCCN(C)C)C1. The van der Waals surface area contributed by atoms with Gasteiger partial charge in [-0.1, -0.05) is 45.9 Å². The summed E-state index contributed by atoms with van der Waals surface area (Å²) in [5.74, 6) is 0.444. The fourth-order valence-electron chi connectivity index (χ4n) is 3.66. The van der Waals surface area contributed by atoms with Gasteiger partial charge in [-0.25, -0.2) is 0 Å². The van der Waals surface area contributed by atoms with Crippen LogP contribution in [0.4, 0.5) is 5.69 Å². The summed E-state index contributed by atoms with van der Waals surface area (Å²) in [6.45, 7) is 10.8. The number of amides is 2. The summed E-state index contributed by atoms with van der Waals surface area (Å²) < 4.78 is 0. The molecule has 0 aliphatic carbocycles. The Hall–Kier alpha value is -1.88. The zero-order chi connectivity index (χ0) is 20.1. The fourth-order valence-corrected chi connectivity index (χ4v) is 3.66. The maximum Gasteiger partial charge on any atom is 0.229 e. The van der Waals surface area contributed by atoms with Gasteiger partial charge in [0.25, 0.3) is 0 Å². The van der Waals surface area contributed by atoms with Crippen molar-refractivity contribution in [1.82, 2.24) is 9.80 Å². The number of anilines is 1. The van der Waals surface area contributed by atoms with Crippen molar-refractivity contribution in [3.05, 3.63) is 29.3 Å². The van der Waals surface area contributed by atoms with Crippen LogP contribution in [0.5, 0.6) is 0 Å². The lowest BCUT2D eigenvalue weighted by Crippen LogP contribution is -2.31. The summed E-state index contributed by atoms with van der Waals surface area (Å²) in [5.41, 5.74) is 3.24. The van der Waals surface area contributed by atoms with Gasteiger partial charge in [0.05, 0.1) is 5.92 Å². The van der Waals surface area contributed by atoms with Crippen LogP contribution < -0.4 is 5.32 Å². The lowest BCUT2D eigenvalue weighted by atomic mass is 9.92. The van der Waals surface area contributed by atoms with Gasteiger partial charge in [0.2, 0.25) is 11.8 Å². The standard InChI is InChI=1S/C22H35N3O2/c1-15(2)18-9-7-10-19(16(3)4)21(18)23-22(27)17-13-20(26)25(14-17)12-8-11-24(5)6/h7,9-10,15-17H,8,11-14H2,1-6H3,(H,23,27). The number of likely N-dealkylation sites (tertiary alicyclic amines) is 1. The minimum Gasteiger partial charge on any atom is -0.342 e. The van der Waals surface area contributed by atoms with Crippen LogP contribution in [0, 0.1) is 5.92 Å². The summed E-state index contributed by atoms with van der Waals surface area (Å²) in [6, 6.07) is 6.23. The molecule has 1 atom stereocenters. The number of carbonyl (C=O) groups excluding carboxylic acids is 2. The van der Waals surface area contributed by atoms with Crippen molar-refractivity contribution in [2.24, 2.45) is 5.92 Å². The molecule has 27 heavy (non-hydrogen) atoms. The topological polar surface area (TPSA) is 52.7 Å². The van der Waals surface area contributed by atoms with Gasteiger partial charge < -0.3 is 15.1 Å². The van der Waals surface area contributed by atoms with E-state index < -0.39 is 0 Å². The molecule has 1 fully saturated rings. The average molecular weight is 374 g/mol. The third-order valence-corrected chi connectivity index (χ3v) is 5.24. The van der Waals surface area contributed by atoms with Crippen LogP contribution in [0.15, 0.2) is 18.2 Å². The number of benzene rings is 1. The van der Waals surface area contributed by atoms with Crippen molar-refractivity contribution < 1.29 is 9.59 Å². The quantitative estimate of drug-likeness (QED) is 0.756. The average Bonchev–Trinajstić information content (AvgIpc) is 2.95. The molecule has 0 aromatic heterocycles. The molecule has 1 aliphatic rings. The van der Waals surface area contributed by atoms with Crippen LogP contribution in [-0.4, -0.2) is 55.3 Å². The Morgan fingerprint density at radius 1 is 1.19 bits per heavy atom. The minimum atomic E-state index is -0.267. The molecule has 0 spiro atoms. The fraction of sp³-hybridized carbons (Fsp3) is 0.636. The summed E-state index contributed by atoms with van der Waals surface area (Å²) in [4.78, 5) is 29.2. The highest BCUT2D eigenvalue weighted by molar-refractivity contribution is 5.98. The van der Waals surface area contributed by atoms with Crippen LogP contribution >= 0.6 is 0 Å². The van der Waals surface area contributed by atoms with Crippen LogP contribution in [0.1, 0.15) is 63.5 Å². The first kappa shape index (κ1) is 21.4. The molecule has 1 saturated heterocycles. The van der Waals surface area contributed by atoms with Gasteiger partial charge in [-0.3, -0.25) is 9.59 Å². The normalized spacial score (nSPS) is 17.4. The van der Waals surface area contributed by atoms with Gasteiger partial charge in [0, 0.05) is 25.2 Å². The Morgan fingerprint density at radius 3 is 2.30 bits per heavy atom. The molecule has 0 radical (unpaired) electrons. The van der Waals surface area contributed by atoms with Gasteiger partial charge >= 0.3 is 0 Å². The maximum absolute atomic E-state index is 12.9. The number of nitrogens with one attached hydrogen (secondary N) is 1. The smallest absolute Gasteiger partial charge is 0.229 e. The molecule has 150 valence electrons. The molecular formula is C22H35N3O2. The van der Waals surface area contributed by atoms with E-state index in [1.807, 2.05) is 19.0 Å². The number of nitrogens with zero attached hydrogens (tertiary/aromatic N) is 2. The van der Waals surface area contributed by atoms with Crippen molar-refractivity contribution in [2.45, 2.75) is 52.4 Å². The highest BCUT2D eigenvalue weighted by Crippen LogP contribution is 2.33. The van der Waals surface area contributed by atoms with Crippen LogP contribution in [0.2, 0.25) is 0 Å². The van der Waals surface area contributed by atoms with Crippen molar-refractivity contribution in [1.29, 1.82) is 0 Å². The van der Waals surface area contributed by atoms with Gasteiger partial charge in [0.1, 0.15) is 0 Å². The molecule has 1 unspecified atom stereocenters. The number of para-hydroxylation sites is 1. The molecule has 0 bridgehead atoms. The van der Waals surface area contributed by atoms with Crippen molar-refractivity contribution in [3.8, 4) is 0 Å². The first-order valence-electron chi connectivity index (χ1n) is 10.1. The van der Waals surface area contributed by atoms with E-state index in [0.717, 1.165) is 36.3 Å². The van der Waals surface area contributed by atoms with Gasteiger partial charge in [-0.15, -0.1) is 0 Å². The van der Waals surface area contributed by atoms with E-state index in [1.165, 1.54) is 0 Å². The molecule has 1 aliphatic heterocycles.